The van der Waals surface area contributed by atoms with E-state index in [2.05, 4.69) is 39.0 Å². The van der Waals surface area contributed by atoms with Crippen molar-refractivity contribution in [3.63, 3.8) is 0 Å². The Hall–Kier alpha value is -3.21. The van der Waals surface area contributed by atoms with Crippen molar-refractivity contribution in [1.29, 1.82) is 0 Å². The quantitative estimate of drug-likeness (QED) is 0.283. The Balaban J connectivity index is 1.04. The molecule has 6 rings (SSSR count). The summed E-state index contributed by atoms with van der Waals surface area (Å²) in [4.78, 5) is 27.0. The van der Waals surface area contributed by atoms with Crippen LogP contribution in [0.3, 0.4) is 0 Å². The molecule has 0 amide bonds. The number of alkyl halides is 3. The third-order valence-electron chi connectivity index (χ3n) is 8.26. The van der Waals surface area contributed by atoms with Gasteiger partial charge in [0, 0.05) is 62.9 Å². The van der Waals surface area contributed by atoms with Crippen molar-refractivity contribution in [2.24, 2.45) is 0 Å². The largest absolute Gasteiger partial charge is 0.416 e. The number of nitrogens with zero attached hydrogens (tertiary/aromatic N) is 5. The van der Waals surface area contributed by atoms with Crippen molar-refractivity contribution >= 4 is 27.2 Å². The fourth-order valence-electron chi connectivity index (χ4n) is 5.93. The fraction of sp³-hybridized carbons (Fsp3) is 0.419. The lowest BCUT2D eigenvalue weighted by molar-refractivity contribution is -0.137. The van der Waals surface area contributed by atoms with Gasteiger partial charge in [-0.2, -0.15) is 13.2 Å². The van der Waals surface area contributed by atoms with Gasteiger partial charge in [0.1, 0.15) is 4.83 Å². The van der Waals surface area contributed by atoms with Gasteiger partial charge in [-0.1, -0.05) is 36.4 Å². The first-order valence-electron chi connectivity index (χ1n) is 14.3. The molecule has 0 N–H and O–H groups in total. The molecular formula is C31H34F3N5OS. The minimum absolute atomic E-state index is 0.0348. The number of fused-ring (bicyclic) bond motifs is 3. The predicted molar refractivity (Wildman–Crippen MR) is 158 cm³/mol. The molecule has 0 aliphatic carbocycles. The Morgan fingerprint density at radius 3 is 2.46 bits per heavy atom. The predicted octanol–water partition coefficient (Wildman–Crippen LogP) is 5.29. The van der Waals surface area contributed by atoms with E-state index in [1.165, 1.54) is 28.1 Å². The molecule has 0 bridgehead atoms. The van der Waals surface area contributed by atoms with Crippen LogP contribution in [-0.4, -0.2) is 65.2 Å². The highest BCUT2D eigenvalue weighted by atomic mass is 32.1. The zero-order valence-corrected chi connectivity index (χ0v) is 23.8. The first-order chi connectivity index (χ1) is 19.8. The van der Waals surface area contributed by atoms with Gasteiger partial charge in [-0.15, -0.1) is 11.3 Å². The van der Waals surface area contributed by atoms with Crippen molar-refractivity contribution in [3.8, 4) is 0 Å². The molecule has 0 radical (unpaired) electrons. The number of hydrogen-bond donors (Lipinski definition) is 0. The van der Waals surface area contributed by atoms with E-state index in [4.69, 9.17) is 0 Å². The minimum Gasteiger partial charge on any atom is -0.369 e. The van der Waals surface area contributed by atoms with Crippen LogP contribution in [0.25, 0.3) is 10.2 Å². The maximum Gasteiger partial charge on any atom is 0.416 e. The second kappa shape index (κ2) is 12.0. The monoisotopic (exact) mass is 581 g/mol. The van der Waals surface area contributed by atoms with Crippen LogP contribution < -0.4 is 10.5 Å². The first-order valence-corrected chi connectivity index (χ1v) is 15.1. The van der Waals surface area contributed by atoms with Crippen LogP contribution in [0.5, 0.6) is 0 Å². The molecule has 1 saturated heterocycles. The van der Waals surface area contributed by atoms with E-state index in [0.29, 0.717) is 31.9 Å². The zero-order chi connectivity index (χ0) is 28.4. The summed E-state index contributed by atoms with van der Waals surface area (Å²) in [7, 11) is 0. The normalized spacial score (nSPS) is 16.8. The van der Waals surface area contributed by atoms with Crippen LogP contribution >= 0.6 is 11.3 Å². The van der Waals surface area contributed by atoms with Crippen LogP contribution in [0.1, 0.15) is 28.0 Å². The maximum atomic E-state index is 13.5. The van der Waals surface area contributed by atoms with Gasteiger partial charge >= 0.3 is 6.18 Å². The molecule has 0 spiro atoms. The highest BCUT2D eigenvalue weighted by molar-refractivity contribution is 7.18. The summed E-state index contributed by atoms with van der Waals surface area (Å²) in [5.41, 5.74) is 2.56. The molecule has 41 heavy (non-hydrogen) atoms. The Labute approximate surface area is 241 Å². The zero-order valence-electron chi connectivity index (χ0n) is 22.9. The number of hydrogen-bond acceptors (Lipinski definition) is 6. The second-order valence-electron chi connectivity index (χ2n) is 10.9. The van der Waals surface area contributed by atoms with E-state index in [-0.39, 0.29) is 5.56 Å². The van der Waals surface area contributed by atoms with Gasteiger partial charge in [0.05, 0.1) is 17.3 Å². The van der Waals surface area contributed by atoms with Crippen LogP contribution in [0.2, 0.25) is 0 Å². The summed E-state index contributed by atoms with van der Waals surface area (Å²) >= 11 is 1.65. The van der Waals surface area contributed by atoms with Crippen LogP contribution in [-0.2, 0) is 32.1 Å². The molecule has 216 valence electrons. The molecule has 10 heteroatoms. The molecule has 0 atom stereocenters. The molecule has 4 heterocycles. The topological polar surface area (TPSA) is 44.6 Å². The Morgan fingerprint density at radius 2 is 1.68 bits per heavy atom. The minimum atomic E-state index is -4.34. The Morgan fingerprint density at radius 1 is 0.878 bits per heavy atom. The number of anilines is 1. The third kappa shape index (κ3) is 6.34. The van der Waals surface area contributed by atoms with E-state index in [1.54, 1.807) is 28.3 Å². The van der Waals surface area contributed by atoms with Gasteiger partial charge in [-0.05, 0) is 55.1 Å². The summed E-state index contributed by atoms with van der Waals surface area (Å²) in [5.74, 6) is 0. The smallest absolute Gasteiger partial charge is 0.369 e. The van der Waals surface area contributed by atoms with E-state index in [1.807, 2.05) is 11.0 Å². The fourth-order valence-corrected chi connectivity index (χ4v) is 7.15. The van der Waals surface area contributed by atoms with Crippen LogP contribution in [0.15, 0.2) is 65.7 Å². The summed E-state index contributed by atoms with van der Waals surface area (Å²) in [6.45, 7) is 6.87. The second-order valence-corrected chi connectivity index (χ2v) is 12.0. The van der Waals surface area contributed by atoms with Crippen LogP contribution in [0.4, 0.5) is 18.9 Å². The summed E-state index contributed by atoms with van der Waals surface area (Å²) in [5, 5.41) is 0.783. The van der Waals surface area contributed by atoms with E-state index >= 15 is 0 Å². The van der Waals surface area contributed by atoms with Crippen molar-refractivity contribution in [3.05, 3.63) is 92.8 Å². The molecule has 0 saturated carbocycles. The molecule has 0 unspecified atom stereocenters. The average molecular weight is 582 g/mol. The molecule has 2 aromatic carbocycles. The summed E-state index contributed by atoms with van der Waals surface area (Å²) in [6.07, 6.45) is 0.388. The first kappa shape index (κ1) is 27.9. The van der Waals surface area contributed by atoms with Gasteiger partial charge in [0.2, 0.25) is 0 Å². The summed E-state index contributed by atoms with van der Waals surface area (Å²) in [6, 6.07) is 16.1. The highest BCUT2D eigenvalue weighted by Crippen LogP contribution is 2.33. The molecule has 6 nitrogen and oxygen atoms in total. The van der Waals surface area contributed by atoms with Crippen molar-refractivity contribution in [1.82, 2.24) is 19.4 Å². The van der Waals surface area contributed by atoms with Gasteiger partial charge < -0.3 is 4.90 Å². The van der Waals surface area contributed by atoms with Crippen molar-refractivity contribution < 1.29 is 13.2 Å². The van der Waals surface area contributed by atoms with Gasteiger partial charge in [0.15, 0.2) is 0 Å². The maximum absolute atomic E-state index is 13.5. The van der Waals surface area contributed by atoms with Gasteiger partial charge in [-0.25, -0.2) is 4.98 Å². The molecule has 4 aromatic rings. The number of aryl methyl sites for hydroxylation is 1. The molecular weight excluding hydrogens is 547 g/mol. The van der Waals surface area contributed by atoms with Gasteiger partial charge in [-0.3, -0.25) is 19.2 Å². The lowest BCUT2D eigenvalue weighted by Gasteiger charge is -2.36. The summed E-state index contributed by atoms with van der Waals surface area (Å²) < 4.78 is 41.1. The van der Waals surface area contributed by atoms with Crippen molar-refractivity contribution in [2.45, 2.75) is 38.5 Å². The number of rotatable bonds is 8. The van der Waals surface area contributed by atoms with Crippen LogP contribution in [0, 0.1) is 0 Å². The molecule has 2 aromatic heterocycles. The lowest BCUT2D eigenvalue weighted by Crippen LogP contribution is -2.47. The van der Waals surface area contributed by atoms with Gasteiger partial charge in [0.25, 0.3) is 5.56 Å². The number of halogens is 3. The van der Waals surface area contributed by atoms with E-state index in [9.17, 15) is 18.0 Å². The Bertz CT molecular complexity index is 1540. The molecule has 2 aliphatic heterocycles. The molecule has 2 aliphatic rings. The van der Waals surface area contributed by atoms with Crippen molar-refractivity contribution in [2.75, 3.05) is 50.7 Å². The average Bonchev–Trinajstić information content (AvgIpc) is 3.36. The highest BCUT2D eigenvalue weighted by Gasteiger charge is 2.31. The number of thiophene rings is 1. The SMILES string of the molecule is O=c1c2c3c(sc2ncn1CCN1CCN(c2cccc(C(F)(F)F)c2)CC1)CN(CCCc1ccccc1)CC3. The number of benzene rings is 2. The number of piperazine rings is 1. The standard InChI is InChI=1S/C31H34F3N5OS/c32-31(33,34)24-9-4-10-25(20-24)38-17-14-36(15-18-38)16-19-39-22-35-29-28(30(39)40)26-11-13-37(21-27(26)41-29)12-5-8-23-6-2-1-3-7-23/h1-4,6-7,9-10,20,22H,5,8,11-19,21H2. The Kier molecular flexibility index (Phi) is 8.14. The molecule has 1 fully saturated rings. The lowest BCUT2D eigenvalue weighted by atomic mass is 10.0. The third-order valence-corrected chi connectivity index (χ3v) is 9.38. The number of aromatic nitrogens is 2. The van der Waals surface area contributed by atoms with E-state index < -0.39 is 11.7 Å². The van der Waals surface area contributed by atoms with E-state index in [0.717, 1.165) is 68.3 Å².